The number of likely N-dealkylation sites (tertiary alicyclic amines) is 1. The highest BCUT2D eigenvalue weighted by atomic mass is 79.9. The molecule has 1 saturated carbocycles. The molecule has 1 unspecified atom stereocenters. The van der Waals surface area contributed by atoms with Crippen LogP contribution in [0, 0.1) is 5.92 Å². The summed E-state index contributed by atoms with van der Waals surface area (Å²) in [5, 5.41) is 0. The second kappa shape index (κ2) is 7.09. The molecule has 1 amide bonds. The highest BCUT2D eigenvalue weighted by Crippen LogP contribution is 2.53. The second-order valence-corrected chi connectivity index (χ2v) is 8.37. The van der Waals surface area contributed by atoms with Crippen LogP contribution in [0.3, 0.4) is 0 Å². The van der Waals surface area contributed by atoms with Gasteiger partial charge in [-0.2, -0.15) is 0 Å². The van der Waals surface area contributed by atoms with E-state index in [0.717, 1.165) is 40.0 Å². The average Bonchev–Trinajstić information content (AvgIpc) is 3.15. The second-order valence-electron chi connectivity index (χ2n) is 7.45. The van der Waals surface area contributed by atoms with Gasteiger partial charge < -0.3 is 9.72 Å². The fourth-order valence-corrected chi connectivity index (χ4v) is 4.30. The summed E-state index contributed by atoms with van der Waals surface area (Å²) in [7, 11) is 0. The first-order valence-electron chi connectivity index (χ1n) is 9.49. The van der Waals surface area contributed by atoms with Gasteiger partial charge in [0.05, 0.1) is 17.9 Å². The Morgan fingerprint density at radius 1 is 1.14 bits per heavy atom. The first-order chi connectivity index (χ1) is 13.7. The number of carbonyl (C=O) groups is 1. The molecule has 1 aliphatic carbocycles. The Morgan fingerprint density at radius 2 is 1.93 bits per heavy atom. The molecule has 1 N–H and O–H groups in total. The molecule has 2 fully saturated rings. The lowest BCUT2D eigenvalue weighted by atomic mass is 10.1. The maximum absolute atomic E-state index is 12.8. The Morgan fingerprint density at radius 3 is 2.71 bits per heavy atom. The molecule has 6 heteroatoms. The monoisotopic (exact) mass is 437 g/mol. The zero-order valence-corrected chi connectivity index (χ0v) is 16.8. The molecule has 1 aliphatic heterocycles. The van der Waals surface area contributed by atoms with Gasteiger partial charge in [0.15, 0.2) is 0 Å². The van der Waals surface area contributed by atoms with Crippen LogP contribution in [0.1, 0.15) is 30.3 Å². The fourth-order valence-electron chi connectivity index (χ4n) is 4.04. The summed E-state index contributed by atoms with van der Waals surface area (Å²) in [6.07, 6.45) is 3.60. The van der Waals surface area contributed by atoms with E-state index in [-0.39, 0.29) is 18.2 Å². The molecule has 5 rings (SSSR count). The molecule has 1 saturated heterocycles. The van der Waals surface area contributed by atoms with E-state index in [2.05, 4.69) is 25.9 Å². The summed E-state index contributed by atoms with van der Waals surface area (Å²) >= 11 is 3.46. The van der Waals surface area contributed by atoms with Crippen LogP contribution < -0.4 is 0 Å². The SMILES string of the molecule is O=C(OCc1ccccc1)N1[C@@H]2CC2C[C@H]1c1ncc(-c2ccc(Br)cc2)[nH]1. The van der Waals surface area contributed by atoms with Crippen molar-refractivity contribution in [2.24, 2.45) is 5.92 Å². The number of halogens is 1. The van der Waals surface area contributed by atoms with Crippen LogP contribution in [0.25, 0.3) is 11.3 Å². The standard InChI is InChI=1S/C22H20BrN3O2/c23-17-8-6-15(7-9-17)18-12-24-21(25-18)20-11-16-10-19(16)26(20)22(27)28-13-14-4-2-1-3-5-14/h1-9,12,16,19-20H,10-11,13H2,(H,24,25)/t16?,19-,20+/m1/s1. The Balaban J connectivity index is 1.32. The summed E-state index contributed by atoms with van der Waals surface area (Å²) in [4.78, 5) is 22.7. The number of rotatable bonds is 4. The van der Waals surface area contributed by atoms with E-state index in [4.69, 9.17) is 4.74 Å². The van der Waals surface area contributed by atoms with Crippen molar-refractivity contribution >= 4 is 22.0 Å². The molecule has 1 aromatic heterocycles. The highest BCUT2D eigenvalue weighted by molar-refractivity contribution is 9.10. The zero-order valence-electron chi connectivity index (χ0n) is 15.2. The van der Waals surface area contributed by atoms with Crippen LogP contribution in [0.2, 0.25) is 0 Å². The van der Waals surface area contributed by atoms with E-state index in [1.807, 2.05) is 65.7 Å². The van der Waals surface area contributed by atoms with Gasteiger partial charge in [0, 0.05) is 10.5 Å². The summed E-state index contributed by atoms with van der Waals surface area (Å²) in [5.74, 6) is 1.40. The highest BCUT2D eigenvalue weighted by Gasteiger charge is 2.55. The minimum Gasteiger partial charge on any atom is -0.445 e. The van der Waals surface area contributed by atoms with Crippen LogP contribution in [-0.4, -0.2) is 27.0 Å². The molecule has 3 atom stereocenters. The van der Waals surface area contributed by atoms with E-state index in [0.29, 0.717) is 12.5 Å². The van der Waals surface area contributed by atoms with Crippen molar-refractivity contribution in [3.05, 3.63) is 76.7 Å². The van der Waals surface area contributed by atoms with E-state index < -0.39 is 0 Å². The number of nitrogens with one attached hydrogen (secondary N) is 1. The van der Waals surface area contributed by atoms with Crippen LogP contribution in [0.15, 0.2) is 65.3 Å². The number of aromatic nitrogens is 2. The van der Waals surface area contributed by atoms with Crippen molar-refractivity contribution in [1.82, 2.24) is 14.9 Å². The molecule has 28 heavy (non-hydrogen) atoms. The van der Waals surface area contributed by atoms with Gasteiger partial charge in [-0.3, -0.25) is 4.90 Å². The number of imidazole rings is 1. The number of piperidine rings is 1. The molecule has 2 aliphatic rings. The van der Waals surface area contributed by atoms with Crippen molar-refractivity contribution in [2.75, 3.05) is 0 Å². The van der Waals surface area contributed by atoms with Gasteiger partial charge in [-0.25, -0.2) is 9.78 Å². The minimum atomic E-state index is -0.250. The van der Waals surface area contributed by atoms with Crippen molar-refractivity contribution in [3.8, 4) is 11.3 Å². The summed E-state index contributed by atoms with van der Waals surface area (Å²) in [5.41, 5.74) is 3.03. The minimum absolute atomic E-state index is 0.0452. The molecule has 2 aromatic carbocycles. The Bertz CT molecular complexity index is 987. The molecule has 5 nitrogen and oxygen atoms in total. The summed E-state index contributed by atoms with van der Waals surface area (Å²) in [6, 6.07) is 18.1. The number of nitrogens with zero attached hydrogens (tertiary/aromatic N) is 2. The molecule has 0 radical (unpaired) electrons. The lowest BCUT2D eigenvalue weighted by Crippen LogP contribution is -2.34. The third-order valence-electron chi connectivity index (χ3n) is 5.59. The van der Waals surface area contributed by atoms with Gasteiger partial charge in [-0.15, -0.1) is 0 Å². The molecular weight excluding hydrogens is 418 g/mol. The van der Waals surface area contributed by atoms with Crippen molar-refractivity contribution in [2.45, 2.75) is 31.5 Å². The lowest BCUT2D eigenvalue weighted by Gasteiger charge is -2.25. The third-order valence-corrected chi connectivity index (χ3v) is 6.12. The van der Waals surface area contributed by atoms with Crippen molar-refractivity contribution in [3.63, 3.8) is 0 Å². The van der Waals surface area contributed by atoms with Gasteiger partial charge >= 0.3 is 6.09 Å². The van der Waals surface area contributed by atoms with E-state index in [1.54, 1.807) is 0 Å². The Hall–Kier alpha value is -2.60. The van der Waals surface area contributed by atoms with Gasteiger partial charge in [0.25, 0.3) is 0 Å². The van der Waals surface area contributed by atoms with Gasteiger partial charge in [0.2, 0.25) is 0 Å². The Labute approximate surface area is 171 Å². The first-order valence-corrected chi connectivity index (χ1v) is 10.3. The third kappa shape index (κ3) is 3.33. The molecule has 142 valence electrons. The molecule has 0 spiro atoms. The smallest absolute Gasteiger partial charge is 0.410 e. The quantitative estimate of drug-likeness (QED) is 0.601. The molecule has 3 aromatic rings. The van der Waals surface area contributed by atoms with Gasteiger partial charge in [0.1, 0.15) is 12.4 Å². The van der Waals surface area contributed by atoms with Gasteiger partial charge in [-0.05, 0) is 42.0 Å². The van der Waals surface area contributed by atoms with E-state index in [1.165, 1.54) is 0 Å². The lowest BCUT2D eigenvalue weighted by molar-refractivity contribution is 0.0833. The first kappa shape index (κ1) is 17.5. The Kier molecular flexibility index (Phi) is 4.43. The summed E-state index contributed by atoms with van der Waals surface area (Å²) in [6.45, 7) is 0.294. The predicted octanol–water partition coefficient (Wildman–Crippen LogP) is 5.31. The van der Waals surface area contributed by atoms with E-state index in [9.17, 15) is 4.79 Å². The largest absolute Gasteiger partial charge is 0.445 e. The molecule has 2 heterocycles. The van der Waals surface area contributed by atoms with Crippen molar-refractivity contribution < 1.29 is 9.53 Å². The van der Waals surface area contributed by atoms with E-state index >= 15 is 0 Å². The normalized spacial score (nSPS) is 22.8. The number of carbonyl (C=O) groups excluding carboxylic acids is 1. The number of H-pyrrole nitrogens is 1. The predicted molar refractivity (Wildman–Crippen MR) is 109 cm³/mol. The zero-order chi connectivity index (χ0) is 19.1. The number of ether oxygens (including phenoxy) is 1. The maximum atomic E-state index is 12.8. The number of hydrogen-bond donors (Lipinski definition) is 1. The number of hydrogen-bond acceptors (Lipinski definition) is 3. The number of aromatic amines is 1. The maximum Gasteiger partial charge on any atom is 0.410 e. The average molecular weight is 438 g/mol. The molecule has 0 bridgehead atoms. The topological polar surface area (TPSA) is 58.2 Å². The van der Waals surface area contributed by atoms with Crippen LogP contribution in [0.4, 0.5) is 4.79 Å². The molecular formula is C22H20BrN3O2. The summed E-state index contributed by atoms with van der Waals surface area (Å²) < 4.78 is 6.65. The number of amides is 1. The number of fused-ring (bicyclic) bond motifs is 1. The van der Waals surface area contributed by atoms with Gasteiger partial charge in [-0.1, -0.05) is 58.4 Å². The fraction of sp³-hybridized carbons (Fsp3) is 0.273. The van der Waals surface area contributed by atoms with Crippen LogP contribution in [0.5, 0.6) is 0 Å². The number of benzene rings is 2. The van der Waals surface area contributed by atoms with Crippen LogP contribution >= 0.6 is 15.9 Å². The van der Waals surface area contributed by atoms with Crippen LogP contribution in [-0.2, 0) is 11.3 Å². The van der Waals surface area contributed by atoms with Crippen molar-refractivity contribution in [1.29, 1.82) is 0 Å².